The third kappa shape index (κ3) is 5.28. The van der Waals surface area contributed by atoms with Crippen LogP contribution in [0.5, 0.6) is 0 Å². The van der Waals surface area contributed by atoms with Crippen molar-refractivity contribution in [2.45, 2.75) is 6.54 Å². The predicted octanol–water partition coefficient (Wildman–Crippen LogP) is 3.25. The monoisotopic (exact) mass is 373 g/mol. The number of amides is 2. The third-order valence-electron chi connectivity index (χ3n) is 3.94. The number of nitrogen functional groups attached to an aromatic ring is 1. The van der Waals surface area contributed by atoms with Crippen molar-refractivity contribution in [3.8, 4) is 0 Å². The van der Waals surface area contributed by atoms with Crippen LogP contribution in [-0.2, 0) is 11.3 Å². The lowest BCUT2D eigenvalue weighted by Crippen LogP contribution is -2.20. The van der Waals surface area contributed by atoms with E-state index in [1.54, 1.807) is 60.9 Å². The minimum atomic E-state index is -0.322. The van der Waals surface area contributed by atoms with E-state index < -0.39 is 0 Å². The van der Waals surface area contributed by atoms with Crippen LogP contribution in [0, 0.1) is 0 Å². The summed E-state index contributed by atoms with van der Waals surface area (Å²) in [5.74, 6) is -0.543. The van der Waals surface area contributed by atoms with E-state index in [0.29, 0.717) is 23.5 Å². The maximum Gasteiger partial charge on any atom is 0.255 e. The van der Waals surface area contributed by atoms with Crippen molar-refractivity contribution in [3.05, 3.63) is 95.8 Å². The standard InChI is InChI=1S/C22H20N4O2/c23-19-5-1-2-6-20(19)26-22(28)18-10-7-17(8-11-18)15-25-21(27)12-9-16-4-3-13-24-14-16/h1-14H,15,23H2,(H,25,27)(H,26,28)/b12-9+/i2D. The van der Waals surface area contributed by atoms with Gasteiger partial charge in [0.25, 0.3) is 5.91 Å². The van der Waals surface area contributed by atoms with Gasteiger partial charge in [0, 0.05) is 30.6 Å². The molecule has 0 atom stereocenters. The zero-order valence-electron chi connectivity index (χ0n) is 16.1. The van der Waals surface area contributed by atoms with Crippen molar-refractivity contribution in [3.63, 3.8) is 0 Å². The summed E-state index contributed by atoms with van der Waals surface area (Å²) < 4.78 is 7.62. The van der Waals surface area contributed by atoms with Crippen LogP contribution in [0.3, 0.4) is 0 Å². The van der Waals surface area contributed by atoms with Crippen molar-refractivity contribution in [2.24, 2.45) is 0 Å². The summed E-state index contributed by atoms with van der Waals surface area (Å²) in [6.07, 6.45) is 6.47. The minimum Gasteiger partial charge on any atom is -0.397 e. The van der Waals surface area contributed by atoms with Crippen LogP contribution in [0.25, 0.3) is 6.08 Å². The van der Waals surface area contributed by atoms with Gasteiger partial charge < -0.3 is 16.4 Å². The average Bonchev–Trinajstić information content (AvgIpc) is 2.74. The number of benzene rings is 2. The zero-order valence-corrected chi connectivity index (χ0v) is 15.1. The highest BCUT2D eigenvalue weighted by atomic mass is 16.2. The van der Waals surface area contributed by atoms with Gasteiger partial charge in [-0.1, -0.05) is 30.3 Å². The summed E-state index contributed by atoms with van der Waals surface area (Å²) >= 11 is 0. The van der Waals surface area contributed by atoms with Crippen LogP contribution in [-0.4, -0.2) is 16.8 Å². The highest BCUT2D eigenvalue weighted by Gasteiger charge is 2.08. The van der Waals surface area contributed by atoms with E-state index in [4.69, 9.17) is 7.10 Å². The molecule has 6 heteroatoms. The molecule has 0 aliphatic carbocycles. The molecule has 3 aromatic rings. The number of carbonyl (C=O) groups excluding carboxylic acids is 2. The molecule has 1 aromatic heterocycles. The van der Waals surface area contributed by atoms with Crippen molar-refractivity contribution < 1.29 is 11.0 Å². The molecule has 6 nitrogen and oxygen atoms in total. The second kappa shape index (κ2) is 9.14. The molecule has 0 saturated heterocycles. The maximum absolute atomic E-state index is 12.4. The van der Waals surface area contributed by atoms with Gasteiger partial charge in [-0.15, -0.1) is 0 Å². The van der Waals surface area contributed by atoms with E-state index in [1.807, 2.05) is 6.07 Å². The summed E-state index contributed by atoms with van der Waals surface area (Å²) in [6, 6.07) is 15.4. The Bertz CT molecular complexity index is 1030. The first kappa shape index (κ1) is 17.5. The van der Waals surface area contributed by atoms with Gasteiger partial charge in [-0.25, -0.2) is 0 Å². The highest BCUT2D eigenvalue weighted by molar-refractivity contribution is 6.05. The number of hydrogen-bond acceptors (Lipinski definition) is 4. The Labute approximate surface area is 164 Å². The summed E-state index contributed by atoms with van der Waals surface area (Å²) in [5, 5.41) is 5.49. The second-order valence-electron chi connectivity index (χ2n) is 6.00. The fourth-order valence-corrected chi connectivity index (χ4v) is 2.41. The molecule has 4 N–H and O–H groups in total. The van der Waals surface area contributed by atoms with Gasteiger partial charge in [0.15, 0.2) is 0 Å². The predicted molar refractivity (Wildman–Crippen MR) is 110 cm³/mol. The molecule has 0 unspecified atom stereocenters. The normalized spacial score (nSPS) is 11.1. The van der Waals surface area contributed by atoms with E-state index in [-0.39, 0.29) is 17.9 Å². The number of carbonyl (C=O) groups is 2. The Morgan fingerprint density at radius 1 is 1.11 bits per heavy atom. The number of para-hydroxylation sites is 2. The molecule has 0 aliphatic rings. The molecular formula is C22H20N4O2. The van der Waals surface area contributed by atoms with E-state index in [1.165, 1.54) is 12.1 Å². The van der Waals surface area contributed by atoms with Crippen molar-refractivity contribution in [1.82, 2.24) is 10.3 Å². The fraction of sp³-hybridized carbons (Fsp3) is 0.0455. The third-order valence-corrected chi connectivity index (χ3v) is 3.94. The Morgan fingerprint density at radius 3 is 2.68 bits per heavy atom. The number of aromatic nitrogens is 1. The van der Waals surface area contributed by atoms with Gasteiger partial charge in [-0.05, 0) is 47.5 Å². The molecule has 2 amide bonds. The largest absolute Gasteiger partial charge is 0.397 e. The Hall–Kier alpha value is -3.93. The van der Waals surface area contributed by atoms with E-state index in [0.717, 1.165) is 11.1 Å². The highest BCUT2D eigenvalue weighted by Crippen LogP contribution is 2.18. The Balaban J connectivity index is 1.54. The summed E-state index contributed by atoms with van der Waals surface area (Å²) in [5.41, 5.74) is 8.77. The minimum absolute atomic E-state index is 0.221. The van der Waals surface area contributed by atoms with Crippen molar-refractivity contribution in [1.29, 1.82) is 0 Å². The van der Waals surface area contributed by atoms with Crippen LogP contribution in [0.1, 0.15) is 22.9 Å². The molecule has 0 spiro atoms. The van der Waals surface area contributed by atoms with E-state index >= 15 is 0 Å². The van der Waals surface area contributed by atoms with Crippen LogP contribution < -0.4 is 16.4 Å². The van der Waals surface area contributed by atoms with Gasteiger partial charge in [-0.2, -0.15) is 0 Å². The number of nitrogens with two attached hydrogens (primary N) is 1. The number of nitrogens with one attached hydrogen (secondary N) is 2. The van der Waals surface area contributed by atoms with Crippen LogP contribution in [0.2, 0.25) is 0 Å². The Kier molecular flexibility index (Phi) is 5.70. The van der Waals surface area contributed by atoms with Gasteiger partial charge >= 0.3 is 0 Å². The quantitative estimate of drug-likeness (QED) is 0.456. The SMILES string of the molecule is [2H]c1ccc(N)c(NC(=O)c2ccc(CNC(=O)/C=C/c3cccnc3)cc2)c1. The fourth-order valence-electron chi connectivity index (χ4n) is 2.41. The number of pyridine rings is 1. The molecule has 0 saturated carbocycles. The maximum atomic E-state index is 12.4. The van der Waals surface area contributed by atoms with Gasteiger partial charge in [0.05, 0.1) is 12.7 Å². The van der Waals surface area contributed by atoms with E-state index in [9.17, 15) is 9.59 Å². The molecule has 3 rings (SSSR count). The molecule has 140 valence electrons. The number of anilines is 2. The van der Waals surface area contributed by atoms with Crippen LogP contribution in [0.15, 0.2) is 79.1 Å². The molecule has 0 radical (unpaired) electrons. The molecular weight excluding hydrogens is 352 g/mol. The molecule has 0 aliphatic heterocycles. The second-order valence-corrected chi connectivity index (χ2v) is 6.00. The summed E-state index contributed by atoms with van der Waals surface area (Å²) in [4.78, 5) is 28.3. The first-order valence-electron chi connectivity index (χ1n) is 9.13. The van der Waals surface area contributed by atoms with Crippen molar-refractivity contribution >= 4 is 29.3 Å². The first-order chi connectivity index (χ1) is 14.0. The number of hydrogen-bond donors (Lipinski definition) is 3. The lowest BCUT2D eigenvalue weighted by Gasteiger charge is -2.08. The van der Waals surface area contributed by atoms with Gasteiger partial charge in [0.1, 0.15) is 0 Å². The van der Waals surface area contributed by atoms with Gasteiger partial charge in [-0.3, -0.25) is 14.6 Å². The topological polar surface area (TPSA) is 97.1 Å². The zero-order chi connectivity index (χ0) is 20.6. The first-order valence-corrected chi connectivity index (χ1v) is 8.63. The smallest absolute Gasteiger partial charge is 0.255 e. The lowest BCUT2D eigenvalue weighted by molar-refractivity contribution is -0.116. The molecule has 1 heterocycles. The lowest BCUT2D eigenvalue weighted by atomic mass is 10.1. The van der Waals surface area contributed by atoms with Crippen LogP contribution >= 0.6 is 0 Å². The number of nitrogens with zero attached hydrogens (tertiary/aromatic N) is 1. The average molecular weight is 373 g/mol. The molecule has 28 heavy (non-hydrogen) atoms. The molecule has 2 aromatic carbocycles. The Morgan fingerprint density at radius 2 is 1.93 bits per heavy atom. The molecule has 0 bridgehead atoms. The molecule has 0 fully saturated rings. The van der Waals surface area contributed by atoms with Crippen molar-refractivity contribution in [2.75, 3.05) is 11.1 Å². The summed E-state index contributed by atoms with van der Waals surface area (Å²) in [7, 11) is 0. The van der Waals surface area contributed by atoms with E-state index in [2.05, 4.69) is 15.6 Å². The van der Waals surface area contributed by atoms with Gasteiger partial charge in [0.2, 0.25) is 5.91 Å². The summed E-state index contributed by atoms with van der Waals surface area (Å²) in [6.45, 7) is 0.339. The van der Waals surface area contributed by atoms with Crippen LogP contribution in [0.4, 0.5) is 11.4 Å². The number of rotatable bonds is 6.